The highest BCUT2D eigenvalue weighted by molar-refractivity contribution is 5.85. The number of rotatable bonds is 6. The fourth-order valence-electron chi connectivity index (χ4n) is 1.45. The normalized spacial score (nSPS) is 11.6. The molecule has 0 saturated carbocycles. The summed E-state index contributed by atoms with van der Waals surface area (Å²) in [5.41, 5.74) is 1.39. The summed E-state index contributed by atoms with van der Waals surface area (Å²) in [6, 6.07) is 7.28. The summed E-state index contributed by atoms with van der Waals surface area (Å²) in [6.45, 7) is 6.12. The molecule has 0 fully saturated rings. The van der Waals surface area contributed by atoms with E-state index in [2.05, 4.69) is 5.32 Å². The minimum absolute atomic E-state index is 0.0307. The monoisotopic (exact) mass is 291 g/mol. The van der Waals surface area contributed by atoms with E-state index in [9.17, 15) is 9.59 Å². The maximum absolute atomic E-state index is 11.6. The van der Waals surface area contributed by atoms with Gasteiger partial charge in [-0.05, 0) is 38.0 Å². The summed E-state index contributed by atoms with van der Waals surface area (Å²) >= 11 is 0. The van der Waals surface area contributed by atoms with Crippen LogP contribution < -0.4 is 5.32 Å². The topological polar surface area (TPSA) is 75.6 Å². The predicted molar refractivity (Wildman–Crippen MR) is 80.7 cm³/mol. The smallest absolute Gasteiger partial charge is 0.328 e. The van der Waals surface area contributed by atoms with E-state index in [-0.39, 0.29) is 18.1 Å². The van der Waals surface area contributed by atoms with Crippen LogP contribution in [0.3, 0.4) is 0 Å². The molecule has 0 aromatic heterocycles. The number of aliphatic carboxylic acids is 1. The molecule has 0 heterocycles. The van der Waals surface area contributed by atoms with Crippen molar-refractivity contribution in [3.05, 3.63) is 41.5 Å². The van der Waals surface area contributed by atoms with Crippen LogP contribution in [0.5, 0.6) is 0 Å². The summed E-state index contributed by atoms with van der Waals surface area (Å²) in [6.07, 6.45) is 2.60. The molecule has 0 bridgehead atoms. The number of amides is 1. The molecule has 1 aromatic carbocycles. The third kappa shape index (κ3) is 7.89. The average Bonchev–Trinajstić information content (AvgIpc) is 2.41. The number of carboxylic acid groups (broad SMARTS) is 1. The second-order valence-corrected chi connectivity index (χ2v) is 5.59. The Kier molecular flexibility index (Phi) is 6.11. The van der Waals surface area contributed by atoms with Crippen LogP contribution in [0.1, 0.15) is 31.9 Å². The third-order valence-corrected chi connectivity index (χ3v) is 2.52. The van der Waals surface area contributed by atoms with Crippen molar-refractivity contribution in [2.45, 2.75) is 32.9 Å². The molecule has 0 aliphatic heterocycles. The van der Waals surface area contributed by atoms with Crippen LogP contribution >= 0.6 is 0 Å². The van der Waals surface area contributed by atoms with Crippen LogP contribution in [0.2, 0.25) is 0 Å². The quantitative estimate of drug-likeness (QED) is 0.788. The maximum Gasteiger partial charge on any atom is 0.328 e. The van der Waals surface area contributed by atoms with E-state index >= 15 is 0 Å². The molecule has 5 nitrogen and oxygen atoms in total. The molecule has 5 heteroatoms. The number of hydrogen-bond donors (Lipinski definition) is 2. The zero-order valence-electron chi connectivity index (χ0n) is 12.6. The Labute approximate surface area is 124 Å². The molecule has 0 saturated heterocycles. The van der Waals surface area contributed by atoms with Crippen molar-refractivity contribution in [2.75, 3.05) is 6.61 Å². The van der Waals surface area contributed by atoms with E-state index in [1.807, 2.05) is 32.9 Å². The maximum atomic E-state index is 11.6. The molecule has 2 N–H and O–H groups in total. The van der Waals surface area contributed by atoms with Crippen molar-refractivity contribution in [3.63, 3.8) is 0 Å². The van der Waals surface area contributed by atoms with Crippen molar-refractivity contribution in [2.24, 2.45) is 0 Å². The van der Waals surface area contributed by atoms with Gasteiger partial charge in [-0.15, -0.1) is 0 Å². The van der Waals surface area contributed by atoms with Crippen molar-refractivity contribution in [1.82, 2.24) is 5.32 Å². The first kappa shape index (κ1) is 16.9. The molecule has 0 radical (unpaired) electrons. The first-order chi connectivity index (χ1) is 9.76. The molecule has 0 aliphatic rings. The largest absolute Gasteiger partial charge is 0.478 e. The summed E-state index contributed by atoms with van der Waals surface area (Å²) in [7, 11) is 0. The molecule has 1 amide bonds. The SMILES string of the molecule is CC(C)(C)OCC(=O)NCc1ccc(/C=C/C(=O)O)cc1. The van der Waals surface area contributed by atoms with Gasteiger partial charge in [0.15, 0.2) is 0 Å². The first-order valence-electron chi connectivity index (χ1n) is 6.67. The number of carboxylic acids is 1. The van der Waals surface area contributed by atoms with Gasteiger partial charge in [0, 0.05) is 12.6 Å². The van der Waals surface area contributed by atoms with Crippen LogP contribution in [0.25, 0.3) is 6.08 Å². The van der Waals surface area contributed by atoms with Crippen LogP contribution in [0.4, 0.5) is 0 Å². The predicted octanol–water partition coefficient (Wildman–Crippen LogP) is 2.22. The average molecular weight is 291 g/mol. The fraction of sp³-hybridized carbons (Fsp3) is 0.375. The van der Waals surface area contributed by atoms with Gasteiger partial charge < -0.3 is 15.2 Å². The number of carbonyl (C=O) groups excluding carboxylic acids is 1. The molecular weight excluding hydrogens is 270 g/mol. The molecule has 0 aliphatic carbocycles. The van der Waals surface area contributed by atoms with Gasteiger partial charge in [0.25, 0.3) is 0 Å². The van der Waals surface area contributed by atoms with E-state index in [0.717, 1.165) is 17.2 Å². The summed E-state index contributed by atoms with van der Waals surface area (Å²) in [5.74, 6) is -1.15. The Morgan fingerprint density at radius 3 is 2.38 bits per heavy atom. The zero-order valence-corrected chi connectivity index (χ0v) is 12.6. The number of hydrogen-bond acceptors (Lipinski definition) is 3. The van der Waals surface area contributed by atoms with Crippen LogP contribution in [0, 0.1) is 0 Å². The Morgan fingerprint density at radius 2 is 1.86 bits per heavy atom. The van der Waals surface area contributed by atoms with E-state index in [1.165, 1.54) is 6.08 Å². The Balaban J connectivity index is 2.42. The molecule has 114 valence electrons. The summed E-state index contributed by atoms with van der Waals surface area (Å²) < 4.78 is 5.38. The van der Waals surface area contributed by atoms with Gasteiger partial charge in [0.1, 0.15) is 6.61 Å². The number of nitrogens with one attached hydrogen (secondary N) is 1. The van der Waals surface area contributed by atoms with E-state index < -0.39 is 5.97 Å². The van der Waals surface area contributed by atoms with Gasteiger partial charge in [-0.3, -0.25) is 4.79 Å². The van der Waals surface area contributed by atoms with Gasteiger partial charge in [-0.1, -0.05) is 24.3 Å². The third-order valence-electron chi connectivity index (χ3n) is 2.52. The van der Waals surface area contributed by atoms with Crippen molar-refractivity contribution < 1.29 is 19.4 Å². The molecule has 1 rings (SSSR count). The standard InChI is InChI=1S/C16H21NO4/c1-16(2,3)21-11-14(18)17-10-13-6-4-12(5-7-13)8-9-15(19)20/h4-9H,10-11H2,1-3H3,(H,17,18)(H,19,20)/b9-8+. The van der Waals surface area contributed by atoms with Gasteiger partial charge in [-0.2, -0.15) is 0 Å². The van der Waals surface area contributed by atoms with Crippen molar-refractivity contribution in [1.29, 1.82) is 0 Å². The molecule has 0 atom stereocenters. The highest BCUT2D eigenvalue weighted by atomic mass is 16.5. The van der Waals surface area contributed by atoms with Gasteiger partial charge in [-0.25, -0.2) is 4.79 Å². The number of ether oxygens (including phenoxy) is 1. The van der Waals surface area contributed by atoms with E-state index in [1.54, 1.807) is 12.1 Å². The van der Waals surface area contributed by atoms with Crippen molar-refractivity contribution >= 4 is 18.0 Å². The summed E-state index contributed by atoms with van der Waals surface area (Å²) in [4.78, 5) is 22.0. The highest BCUT2D eigenvalue weighted by Gasteiger charge is 2.12. The van der Waals surface area contributed by atoms with Gasteiger partial charge in [0.2, 0.25) is 5.91 Å². The molecule has 0 unspecified atom stereocenters. The zero-order chi connectivity index (χ0) is 15.9. The second-order valence-electron chi connectivity index (χ2n) is 5.59. The second kappa shape index (κ2) is 7.59. The summed E-state index contributed by atoms with van der Waals surface area (Å²) in [5, 5.41) is 11.3. The van der Waals surface area contributed by atoms with Crippen LogP contribution in [-0.2, 0) is 20.9 Å². The number of carbonyl (C=O) groups is 2. The molecule has 1 aromatic rings. The van der Waals surface area contributed by atoms with Crippen LogP contribution in [-0.4, -0.2) is 29.2 Å². The molecule has 0 spiro atoms. The highest BCUT2D eigenvalue weighted by Crippen LogP contribution is 2.07. The number of benzene rings is 1. The molecular formula is C16H21NO4. The Hall–Kier alpha value is -2.14. The Bertz CT molecular complexity index is 512. The van der Waals surface area contributed by atoms with Gasteiger partial charge >= 0.3 is 5.97 Å². The lowest BCUT2D eigenvalue weighted by molar-refractivity contribution is -0.131. The van der Waals surface area contributed by atoms with Crippen LogP contribution in [0.15, 0.2) is 30.3 Å². The minimum atomic E-state index is -0.981. The van der Waals surface area contributed by atoms with E-state index in [4.69, 9.17) is 9.84 Å². The fourth-order valence-corrected chi connectivity index (χ4v) is 1.45. The van der Waals surface area contributed by atoms with Gasteiger partial charge in [0.05, 0.1) is 5.60 Å². The Morgan fingerprint density at radius 1 is 1.24 bits per heavy atom. The van der Waals surface area contributed by atoms with Crippen molar-refractivity contribution in [3.8, 4) is 0 Å². The van der Waals surface area contributed by atoms with E-state index in [0.29, 0.717) is 6.54 Å². The minimum Gasteiger partial charge on any atom is -0.478 e. The lowest BCUT2D eigenvalue weighted by Crippen LogP contribution is -2.31. The lowest BCUT2D eigenvalue weighted by Gasteiger charge is -2.18. The lowest BCUT2D eigenvalue weighted by atomic mass is 10.1. The molecule has 21 heavy (non-hydrogen) atoms. The first-order valence-corrected chi connectivity index (χ1v) is 6.67.